The van der Waals surface area contributed by atoms with Crippen molar-refractivity contribution in [3.63, 3.8) is 0 Å². The van der Waals surface area contributed by atoms with Gasteiger partial charge in [-0.25, -0.2) is 0 Å². The number of carbonyl (C=O) groups is 1. The maximum Gasteiger partial charge on any atom is 0.255 e. The summed E-state index contributed by atoms with van der Waals surface area (Å²) in [6.45, 7) is 3.31. The zero-order valence-corrected chi connectivity index (χ0v) is 18.3. The van der Waals surface area contributed by atoms with Gasteiger partial charge in [0.15, 0.2) is 12.6 Å². The molecule has 0 unspecified atom stereocenters. The van der Waals surface area contributed by atoms with Crippen LogP contribution in [0.3, 0.4) is 0 Å². The number of primary amides is 1. The van der Waals surface area contributed by atoms with Crippen LogP contribution in [0.1, 0.15) is 16.7 Å². The summed E-state index contributed by atoms with van der Waals surface area (Å²) >= 11 is 0. The van der Waals surface area contributed by atoms with Gasteiger partial charge < -0.3 is 20.7 Å². The van der Waals surface area contributed by atoms with Crippen LogP contribution in [0.5, 0.6) is 5.75 Å². The Kier molecular flexibility index (Phi) is 9.63. The zero-order chi connectivity index (χ0) is 18.9. The summed E-state index contributed by atoms with van der Waals surface area (Å²) in [5.74, 6) is 0.923. The lowest BCUT2D eigenvalue weighted by molar-refractivity contribution is -0.119. The molecular formula is C20H27IN4O2. The van der Waals surface area contributed by atoms with Crippen molar-refractivity contribution in [1.29, 1.82) is 0 Å². The highest BCUT2D eigenvalue weighted by atomic mass is 127. The molecule has 0 aromatic heterocycles. The first-order valence-corrected chi connectivity index (χ1v) is 8.45. The first-order chi connectivity index (χ1) is 12.5. The van der Waals surface area contributed by atoms with E-state index in [1.54, 1.807) is 13.1 Å². The molecule has 7 heteroatoms. The smallest absolute Gasteiger partial charge is 0.255 e. The molecule has 0 radical (unpaired) electrons. The van der Waals surface area contributed by atoms with E-state index < -0.39 is 5.91 Å². The predicted octanol–water partition coefficient (Wildman–Crippen LogP) is 2.68. The number of hydrogen-bond donors (Lipinski definition) is 2. The van der Waals surface area contributed by atoms with Crippen LogP contribution in [0.15, 0.2) is 53.5 Å². The van der Waals surface area contributed by atoms with Gasteiger partial charge in [-0.2, -0.15) is 0 Å². The van der Waals surface area contributed by atoms with Crippen LogP contribution in [0.2, 0.25) is 0 Å². The van der Waals surface area contributed by atoms with Gasteiger partial charge >= 0.3 is 0 Å². The van der Waals surface area contributed by atoms with Crippen LogP contribution in [0.25, 0.3) is 0 Å². The topological polar surface area (TPSA) is 80.0 Å². The van der Waals surface area contributed by atoms with E-state index in [1.807, 2.05) is 25.2 Å². The lowest BCUT2D eigenvalue weighted by atomic mass is 10.1. The van der Waals surface area contributed by atoms with Gasteiger partial charge in [-0.05, 0) is 30.2 Å². The average Bonchev–Trinajstić information content (AvgIpc) is 2.63. The number of hydrogen-bond acceptors (Lipinski definition) is 3. The van der Waals surface area contributed by atoms with Crippen molar-refractivity contribution >= 4 is 35.8 Å². The van der Waals surface area contributed by atoms with E-state index in [2.05, 4.69) is 46.4 Å². The van der Waals surface area contributed by atoms with Crippen LogP contribution in [0.4, 0.5) is 0 Å². The summed E-state index contributed by atoms with van der Waals surface area (Å²) in [6.07, 6.45) is 0. The Bertz CT molecular complexity index is 763. The SMILES string of the molecule is CN=C(NCc1cccc(OCC(N)=O)c1)N(C)Cc1ccc(C)cc1.I. The first-order valence-electron chi connectivity index (χ1n) is 8.45. The standard InChI is InChI=1S/C20H26N4O2.HI/c1-15-7-9-16(10-8-15)13-24(3)20(22-2)23-12-17-5-4-6-18(11-17)26-14-19(21)25;/h4-11H,12-14H2,1-3H3,(H2,21,25)(H,22,23);1H. The molecule has 146 valence electrons. The Labute approximate surface area is 177 Å². The summed E-state index contributed by atoms with van der Waals surface area (Å²) in [7, 11) is 3.77. The molecule has 1 amide bonds. The van der Waals surface area contributed by atoms with E-state index in [9.17, 15) is 4.79 Å². The first kappa shape index (κ1) is 22.8. The van der Waals surface area contributed by atoms with E-state index >= 15 is 0 Å². The second kappa shape index (κ2) is 11.4. The quantitative estimate of drug-likeness (QED) is 0.362. The van der Waals surface area contributed by atoms with Gasteiger partial charge in [0.1, 0.15) is 5.75 Å². The van der Waals surface area contributed by atoms with Crippen LogP contribution < -0.4 is 15.8 Å². The van der Waals surface area contributed by atoms with Crippen LogP contribution >= 0.6 is 24.0 Å². The normalized spacial score (nSPS) is 10.7. The van der Waals surface area contributed by atoms with Crippen molar-refractivity contribution < 1.29 is 9.53 Å². The second-order valence-electron chi connectivity index (χ2n) is 6.14. The van der Waals surface area contributed by atoms with Crippen LogP contribution in [-0.4, -0.2) is 37.5 Å². The van der Waals surface area contributed by atoms with Gasteiger partial charge in [0.2, 0.25) is 0 Å². The Morgan fingerprint density at radius 3 is 2.52 bits per heavy atom. The summed E-state index contributed by atoms with van der Waals surface area (Å²) in [4.78, 5) is 17.2. The fourth-order valence-electron chi connectivity index (χ4n) is 2.51. The Hall–Kier alpha value is -2.29. The zero-order valence-electron chi connectivity index (χ0n) is 15.9. The molecule has 27 heavy (non-hydrogen) atoms. The molecule has 0 aliphatic carbocycles. The van der Waals surface area contributed by atoms with Crippen molar-refractivity contribution in [1.82, 2.24) is 10.2 Å². The minimum absolute atomic E-state index is 0. The number of ether oxygens (including phenoxy) is 1. The third-order valence-electron chi connectivity index (χ3n) is 3.84. The minimum atomic E-state index is -0.494. The Balaban J connectivity index is 0.00000364. The van der Waals surface area contributed by atoms with Crippen molar-refractivity contribution in [2.24, 2.45) is 10.7 Å². The molecule has 2 rings (SSSR count). The van der Waals surface area contributed by atoms with E-state index in [0.717, 1.165) is 18.1 Å². The number of benzene rings is 2. The molecule has 0 aliphatic rings. The third-order valence-corrected chi connectivity index (χ3v) is 3.84. The van der Waals surface area contributed by atoms with Crippen molar-refractivity contribution in [3.05, 3.63) is 65.2 Å². The van der Waals surface area contributed by atoms with Crippen molar-refractivity contribution in [2.45, 2.75) is 20.0 Å². The van der Waals surface area contributed by atoms with E-state index in [-0.39, 0.29) is 30.6 Å². The lowest BCUT2D eigenvalue weighted by Gasteiger charge is -2.22. The molecule has 0 fully saturated rings. The molecule has 0 bridgehead atoms. The van der Waals surface area contributed by atoms with E-state index in [0.29, 0.717) is 12.3 Å². The Morgan fingerprint density at radius 1 is 1.19 bits per heavy atom. The number of nitrogens with one attached hydrogen (secondary N) is 1. The molecular weight excluding hydrogens is 455 g/mol. The highest BCUT2D eigenvalue weighted by molar-refractivity contribution is 14.0. The highest BCUT2D eigenvalue weighted by Gasteiger charge is 2.07. The van der Waals surface area contributed by atoms with E-state index in [1.165, 1.54) is 11.1 Å². The Morgan fingerprint density at radius 2 is 1.89 bits per heavy atom. The van der Waals surface area contributed by atoms with Gasteiger partial charge in [-0.3, -0.25) is 9.79 Å². The number of amides is 1. The maximum atomic E-state index is 10.8. The third kappa shape index (κ3) is 7.86. The average molecular weight is 482 g/mol. The molecule has 3 N–H and O–H groups in total. The number of aliphatic imine (C=N–C) groups is 1. The van der Waals surface area contributed by atoms with Gasteiger partial charge in [0.05, 0.1) is 0 Å². The fourth-order valence-corrected chi connectivity index (χ4v) is 2.51. The molecule has 2 aromatic carbocycles. The number of nitrogens with two attached hydrogens (primary N) is 1. The van der Waals surface area contributed by atoms with Gasteiger partial charge in [-0.15, -0.1) is 24.0 Å². The predicted molar refractivity (Wildman–Crippen MR) is 119 cm³/mol. The van der Waals surface area contributed by atoms with Gasteiger partial charge in [0.25, 0.3) is 5.91 Å². The molecule has 0 heterocycles. The molecule has 0 atom stereocenters. The molecule has 0 aliphatic heterocycles. The van der Waals surface area contributed by atoms with Gasteiger partial charge in [0, 0.05) is 27.2 Å². The second-order valence-corrected chi connectivity index (χ2v) is 6.14. The molecule has 0 saturated heterocycles. The largest absolute Gasteiger partial charge is 0.484 e. The number of carbonyl (C=O) groups excluding carboxylic acids is 1. The summed E-state index contributed by atoms with van der Waals surface area (Å²) < 4.78 is 5.33. The highest BCUT2D eigenvalue weighted by Crippen LogP contribution is 2.13. The summed E-state index contributed by atoms with van der Waals surface area (Å²) in [5.41, 5.74) is 8.60. The molecule has 2 aromatic rings. The van der Waals surface area contributed by atoms with Gasteiger partial charge in [-0.1, -0.05) is 42.0 Å². The maximum absolute atomic E-state index is 10.8. The number of aryl methyl sites for hydroxylation is 1. The van der Waals surface area contributed by atoms with E-state index in [4.69, 9.17) is 10.5 Å². The number of guanidine groups is 1. The number of rotatable bonds is 7. The summed E-state index contributed by atoms with van der Waals surface area (Å²) in [5, 5.41) is 3.34. The lowest BCUT2D eigenvalue weighted by Crippen LogP contribution is -2.38. The number of halogens is 1. The number of nitrogens with zero attached hydrogens (tertiary/aromatic N) is 2. The monoisotopic (exact) mass is 482 g/mol. The van der Waals surface area contributed by atoms with Crippen molar-refractivity contribution in [3.8, 4) is 5.75 Å². The summed E-state index contributed by atoms with van der Waals surface area (Å²) in [6, 6.07) is 16.0. The van der Waals surface area contributed by atoms with Crippen LogP contribution in [0, 0.1) is 6.92 Å². The fraction of sp³-hybridized carbons (Fsp3) is 0.300. The minimum Gasteiger partial charge on any atom is -0.484 e. The molecule has 0 saturated carbocycles. The molecule has 0 spiro atoms. The molecule has 6 nitrogen and oxygen atoms in total. The van der Waals surface area contributed by atoms with Crippen molar-refractivity contribution in [2.75, 3.05) is 20.7 Å². The van der Waals surface area contributed by atoms with Crippen LogP contribution in [-0.2, 0) is 17.9 Å².